The molecule has 2 N–H and O–H groups in total. The predicted molar refractivity (Wildman–Crippen MR) is 73.0 cm³/mol. The van der Waals surface area contributed by atoms with Gasteiger partial charge in [-0.2, -0.15) is 0 Å². The standard InChI is InChI=1S/C15H20FNO2/c1-12(2)17(7-9-19)11-14-6-5-13(4-3-8-18)10-15(14)16/h5-6,10,12,18-19H,7-9,11H2,1-2H3. The molecule has 1 aromatic rings. The number of hydrogen-bond donors (Lipinski definition) is 2. The van der Waals surface area contributed by atoms with Gasteiger partial charge < -0.3 is 10.2 Å². The van der Waals surface area contributed by atoms with Gasteiger partial charge in [0.25, 0.3) is 0 Å². The van der Waals surface area contributed by atoms with Crippen LogP contribution in [0.1, 0.15) is 25.0 Å². The van der Waals surface area contributed by atoms with Gasteiger partial charge in [-0.1, -0.05) is 17.9 Å². The molecule has 0 aliphatic heterocycles. The third-order valence-electron chi connectivity index (χ3n) is 2.86. The SMILES string of the molecule is CC(C)N(CCO)Cc1ccc(C#CCO)cc1F. The Hall–Kier alpha value is -1.41. The molecule has 0 saturated carbocycles. The maximum absolute atomic E-state index is 13.9. The zero-order valence-corrected chi connectivity index (χ0v) is 11.4. The van der Waals surface area contributed by atoms with Gasteiger partial charge in [0.2, 0.25) is 0 Å². The fourth-order valence-electron chi connectivity index (χ4n) is 1.76. The Morgan fingerprint density at radius 1 is 1.32 bits per heavy atom. The van der Waals surface area contributed by atoms with Gasteiger partial charge in [0.05, 0.1) is 6.61 Å². The van der Waals surface area contributed by atoms with Crippen molar-refractivity contribution >= 4 is 0 Å². The van der Waals surface area contributed by atoms with E-state index in [0.717, 1.165) is 0 Å². The molecule has 1 rings (SSSR count). The van der Waals surface area contributed by atoms with Crippen LogP contribution in [0.5, 0.6) is 0 Å². The largest absolute Gasteiger partial charge is 0.395 e. The third kappa shape index (κ3) is 4.99. The highest BCUT2D eigenvalue weighted by Crippen LogP contribution is 2.14. The highest BCUT2D eigenvalue weighted by molar-refractivity contribution is 5.37. The van der Waals surface area contributed by atoms with Crippen LogP contribution in [-0.2, 0) is 6.54 Å². The van der Waals surface area contributed by atoms with Gasteiger partial charge in [-0.05, 0) is 26.0 Å². The molecule has 0 heterocycles. The van der Waals surface area contributed by atoms with E-state index in [1.807, 2.05) is 18.7 Å². The molecule has 0 aliphatic rings. The lowest BCUT2D eigenvalue weighted by atomic mass is 10.1. The van der Waals surface area contributed by atoms with Crippen LogP contribution in [0.15, 0.2) is 18.2 Å². The summed E-state index contributed by atoms with van der Waals surface area (Å²) in [4.78, 5) is 2.00. The zero-order valence-electron chi connectivity index (χ0n) is 11.4. The van der Waals surface area contributed by atoms with E-state index < -0.39 is 0 Å². The molecular weight excluding hydrogens is 245 g/mol. The Kier molecular flexibility index (Phi) is 6.51. The summed E-state index contributed by atoms with van der Waals surface area (Å²) in [7, 11) is 0. The second-order valence-electron chi connectivity index (χ2n) is 4.55. The number of benzene rings is 1. The zero-order chi connectivity index (χ0) is 14.3. The fraction of sp³-hybridized carbons (Fsp3) is 0.467. The van der Waals surface area contributed by atoms with E-state index in [-0.39, 0.29) is 25.1 Å². The first-order valence-corrected chi connectivity index (χ1v) is 6.31. The minimum Gasteiger partial charge on any atom is -0.395 e. The minimum absolute atomic E-state index is 0.0554. The summed E-state index contributed by atoms with van der Waals surface area (Å²) in [5, 5.41) is 17.6. The van der Waals surface area contributed by atoms with Crippen molar-refractivity contribution in [1.82, 2.24) is 4.90 Å². The summed E-state index contributed by atoms with van der Waals surface area (Å²) in [5.41, 5.74) is 1.13. The summed E-state index contributed by atoms with van der Waals surface area (Å²) in [6, 6.07) is 5.04. The number of halogens is 1. The van der Waals surface area contributed by atoms with E-state index in [0.29, 0.717) is 24.2 Å². The third-order valence-corrected chi connectivity index (χ3v) is 2.86. The first kappa shape index (κ1) is 15.6. The van der Waals surface area contributed by atoms with Gasteiger partial charge >= 0.3 is 0 Å². The maximum atomic E-state index is 13.9. The second-order valence-corrected chi connectivity index (χ2v) is 4.55. The van der Waals surface area contributed by atoms with Crippen LogP contribution in [-0.4, -0.2) is 40.9 Å². The molecule has 104 valence electrons. The van der Waals surface area contributed by atoms with Crippen molar-refractivity contribution in [3.63, 3.8) is 0 Å². The average molecular weight is 265 g/mol. The van der Waals surface area contributed by atoms with Gasteiger partial charge in [-0.15, -0.1) is 0 Å². The topological polar surface area (TPSA) is 43.7 Å². The van der Waals surface area contributed by atoms with Crippen LogP contribution in [0, 0.1) is 17.7 Å². The highest BCUT2D eigenvalue weighted by atomic mass is 19.1. The van der Waals surface area contributed by atoms with E-state index in [4.69, 9.17) is 10.2 Å². The Bertz CT molecular complexity index is 463. The molecule has 0 aromatic heterocycles. The highest BCUT2D eigenvalue weighted by Gasteiger charge is 2.12. The maximum Gasteiger partial charge on any atom is 0.128 e. The number of rotatable bonds is 5. The summed E-state index contributed by atoms with van der Waals surface area (Å²) >= 11 is 0. The molecular formula is C15H20FNO2. The monoisotopic (exact) mass is 265 g/mol. The summed E-state index contributed by atoms with van der Waals surface area (Å²) in [6.45, 7) is 4.81. The van der Waals surface area contributed by atoms with Crippen molar-refractivity contribution in [3.05, 3.63) is 35.1 Å². The number of hydrogen-bond acceptors (Lipinski definition) is 3. The van der Waals surface area contributed by atoms with Crippen molar-refractivity contribution in [1.29, 1.82) is 0 Å². The minimum atomic E-state index is -0.312. The van der Waals surface area contributed by atoms with Crippen molar-refractivity contribution < 1.29 is 14.6 Å². The molecule has 3 nitrogen and oxygen atoms in total. The van der Waals surface area contributed by atoms with Gasteiger partial charge in [0.1, 0.15) is 12.4 Å². The molecule has 0 aliphatic carbocycles. The molecule has 0 radical (unpaired) electrons. The molecule has 0 spiro atoms. The fourth-order valence-corrected chi connectivity index (χ4v) is 1.76. The van der Waals surface area contributed by atoms with Crippen LogP contribution >= 0.6 is 0 Å². The number of aliphatic hydroxyl groups is 2. The Morgan fingerprint density at radius 3 is 2.58 bits per heavy atom. The lowest BCUT2D eigenvalue weighted by molar-refractivity contribution is 0.158. The Morgan fingerprint density at radius 2 is 2.05 bits per heavy atom. The first-order chi connectivity index (χ1) is 9.08. The van der Waals surface area contributed by atoms with Gasteiger partial charge in [0, 0.05) is 30.3 Å². The molecule has 0 saturated heterocycles. The van der Waals surface area contributed by atoms with Crippen molar-refractivity contribution in [3.8, 4) is 11.8 Å². The summed E-state index contributed by atoms with van der Waals surface area (Å²) in [6.07, 6.45) is 0. The van der Waals surface area contributed by atoms with Crippen molar-refractivity contribution in [2.45, 2.75) is 26.4 Å². The van der Waals surface area contributed by atoms with Gasteiger partial charge in [0.15, 0.2) is 0 Å². The van der Waals surface area contributed by atoms with Crippen molar-refractivity contribution in [2.75, 3.05) is 19.8 Å². The van der Waals surface area contributed by atoms with Crippen molar-refractivity contribution in [2.24, 2.45) is 0 Å². The van der Waals surface area contributed by atoms with E-state index in [1.165, 1.54) is 6.07 Å². The molecule has 4 heteroatoms. The van der Waals surface area contributed by atoms with E-state index in [9.17, 15) is 4.39 Å². The normalized spacial score (nSPS) is 10.7. The van der Waals surface area contributed by atoms with Gasteiger partial charge in [-0.25, -0.2) is 4.39 Å². The molecule has 0 atom stereocenters. The van der Waals surface area contributed by atoms with Crippen LogP contribution in [0.3, 0.4) is 0 Å². The van der Waals surface area contributed by atoms with Crippen LogP contribution in [0.2, 0.25) is 0 Å². The summed E-state index contributed by atoms with van der Waals surface area (Å²) in [5.74, 6) is 4.84. The lowest BCUT2D eigenvalue weighted by Gasteiger charge is -2.25. The van der Waals surface area contributed by atoms with E-state index >= 15 is 0 Å². The molecule has 0 unspecified atom stereocenters. The molecule has 0 amide bonds. The Labute approximate surface area is 113 Å². The van der Waals surface area contributed by atoms with Gasteiger partial charge in [-0.3, -0.25) is 4.90 Å². The number of nitrogens with zero attached hydrogens (tertiary/aromatic N) is 1. The lowest BCUT2D eigenvalue weighted by Crippen LogP contribution is -2.33. The molecule has 0 fully saturated rings. The Balaban J connectivity index is 2.84. The van der Waals surface area contributed by atoms with Crippen LogP contribution in [0.25, 0.3) is 0 Å². The molecule has 0 bridgehead atoms. The molecule has 1 aromatic carbocycles. The number of aliphatic hydroxyl groups excluding tert-OH is 2. The smallest absolute Gasteiger partial charge is 0.128 e. The summed E-state index contributed by atoms with van der Waals surface area (Å²) < 4.78 is 13.9. The quantitative estimate of drug-likeness (QED) is 0.790. The average Bonchev–Trinajstić information content (AvgIpc) is 2.38. The van der Waals surface area contributed by atoms with Crippen LogP contribution in [0.4, 0.5) is 4.39 Å². The van der Waals surface area contributed by atoms with Crippen LogP contribution < -0.4 is 0 Å². The first-order valence-electron chi connectivity index (χ1n) is 6.31. The van der Waals surface area contributed by atoms with E-state index in [2.05, 4.69) is 11.8 Å². The second kappa shape index (κ2) is 7.90. The van der Waals surface area contributed by atoms with E-state index in [1.54, 1.807) is 12.1 Å². The molecule has 19 heavy (non-hydrogen) atoms. The predicted octanol–water partition coefficient (Wildman–Crippen LogP) is 1.37.